The number of nitrogens with zero attached hydrogens (tertiary/aromatic N) is 1. The third kappa shape index (κ3) is 5.23. The van der Waals surface area contributed by atoms with Crippen LogP contribution >= 0.6 is 0 Å². The summed E-state index contributed by atoms with van der Waals surface area (Å²) in [5.74, 6) is -1.05. The number of aryl methyl sites for hydroxylation is 1. The van der Waals surface area contributed by atoms with Crippen molar-refractivity contribution >= 4 is 0 Å². The van der Waals surface area contributed by atoms with Crippen LogP contribution in [0.15, 0.2) is 42.6 Å². The molecule has 1 unspecified atom stereocenters. The van der Waals surface area contributed by atoms with Crippen molar-refractivity contribution in [3.05, 3.63) is 65.5 Å². The third-order valence-electron chi connectivity index (χ3n) is 3.37. The molecule has 1 heterocycles. The van der Waals surface area contributed by atoms with Gasteiger partial charge >= 0.3 is 0 Å². The largest absolute Gasteiger partial charge is 0.314 e. The zero-order chi connectivity index (χ0) is 15.1. The van der Waals surface area contributed by atoms with E-state index in [0.717, 1.165) is 31.1 Å². The maximum absolute atomic E-state index is 13.2. The highest BCUT2D eigenvalue weighted by molar-refractivity contribution is 5.19. The lowest BCUT2D eigenvalue weighted by Gasteiger charge is -2.18. The van der Waals surface area contributed by atoms with E-state index in [0.29, 0.717) is 12.0 Å². The number of hydrogen-bond donors (Lipinski definition) is 1. The smallest absolute Gasteiger partial charge is 0.126 e. The molecule has 0 spiro atoms. The minimum absolute atomic E-state index is 0.179. The zero-order valence-corrected chi connectivity index (χ0v) is 12.2. The van der Waals surface area contributed by atoms with Crippen molar-refractivity contribution in [2.45, 2.75) is 32.2 Å². The Hall–Kier alpha value is -1.81. The van der Waals surface area contributed by atoms with Crippen LogP contribution in [0.1, 0.15) is 24.6 Å². The van der Waals surface area contributed by atoms with Gasteiger partial charge in [-0.2, -0.15) is 0 Å². The van der Waals surface area contributed by atoms with E-state index in [-0.39, 0.29) is 6.04 Å². The molecule has 0 bridgehead atoms. The Bertz CT molecular complexity index is 538. The predicted octanol–water partition coefficient (Wildman–Crippen LogP) is 3.51. The predicted molar refractivity (Wildman–Crippen MR) is 80.1 cm³/mol. The Kier molecular flexibility index (Phi) is 5.81. The Balaban J connectivity index is 1.98. The van der Waals surface area contributed by atoms with E-state index in [1.807, 2.05) is 25.1 Å². The van der Waals surface area contributed by atoms with Crippen LogP contribution in [0.5, 0.6) is 0 Å². The van der Waals surface area contributed by atoms with Crippen molar-refractivity contribution in [1.82, 2.24) is 10.3 Å². The summed E-state index contributed by atoms with van der Waals surface area (Å²) in [6, 6.07) is 9.72. The van der Waals surface area contributed by atoms with Gasteiger partial charge in [-0.05, 0) is 55.6 Å². The van der Waals surface area contributed by atoms with Gasteiger partial charge in [0.2, 0.25) is 0 Å². The van der Waals surface area contributed by atoms with E-state index in [1.54, 1.807) is 6.20 Å². The van der Waals surface area contributed by atoms with Crippen LogP contribution < -0.4 is 5.32 Å². The number of likely N-dealkylation sites (N-methyl/N-ethyl adjacent to an activating group) is 1. The second kappa shape index (κ2) is 7.84. The zero-order valence-electron chi connectivity index (χ0n) is 12.2. The summed E-state index contributed by atoms with van der Waals surface area (Å²) in [5, 5.41) is 3.37. The van der Waals surface area contributed by atoms with Gasteiger partial charge in [0.1, 0.15) is 11.6 Å². The van der Waals surface area contributed by atoms with E-state index in [4.69, 9.17) is 0 Å². The highest BCUT2D eigenvalue weighted by Crippen LogP contribution is 2.13. The van der Waals surface area contributed by atoms with Crippen LogP contribution in [0.25, 0.3) is 0 Å². The quantitative estimate of drug-likeness (QED) is 0.844. The molecular weight excluding hydrogens is 270 g/mol. The summed E-state index contributed by atoms with van der Waals surface area (Å²) in [5.41, 5.74) is 1.71. The number of pyridine rings is 1. The van der Waals surface area contributed by atoms with Crippen molar-refractivity contribution in [3.63, 3.8) is 0 Å². The van der Waals surface area contributed by atoms with E-state index in [2.05, 4.69) is 10.3 Å². The molecule has 112 valence electrons. The number of benzene rings is 1. The SMILES string of the molecule is CCNC(CCc1ccccn1)Cc1cc(F)cc(F)c1. The summed E-state index contributed by atoms with van der Waals surface area (Å²) in [6.45, 7) is 2.85. The van der Waals surface area contributed by atoms with E-state index >= 15 is 0 Å². The van der Waals surface area contributed by atoms with Crippen molar-refractivity contribution in [3.8, 4) is 0 Å². The lowest BCUT2D eigenvalue weighted by Crippen LogP contribution is -2.31. The molecule has 0 aliphatic rings. The number of aromatic nitrogens is 1. The molecule has 1 aromatic heterocycles. The first kappa shape index (κ1) is 15.6. The summed E-state index contributed by atoms with van der Waals surface area (Å²) in [4.78, 5) is 4.30. The standard InChI is InChI=1S/C17H20F2N2/c1-2-20-17(7-6-16-5-3-4-8-21-16)11-13-9-14(18)12-15(19)10-13/h3-5,8-10,12,17,20H,2,6-7,11H2,1H3. The average molecular weight is 290 g/mol. The van der Waals surface area contributed by atoms with Gasteiger partial charge in [-0.1, -0.05) is 13.0 Å². The second-order valence-electron chi connectivity index (χ2n) is 5.10. The van der Waals surface area contributed by atoms with E-state index in [1.165, 1.54) is 12.1 Å². The first-order valence-electron chi connectivity index (χ1n) is 7.25. The first-order valence-corrected chi connectivity index (χ1v) is 7.25. The van der Waals surface area contributed by atoms with Gasteiger partial charge in [-0.25, -0.2) is 8.78 Å². The highest BCUT2D eigenvalue weighted by Gasteiger charge is 2.11. The molecule has 0 amide bonds. The van der Waals surface area contributed by atoms with Gasteiger partial charge in [0.15, 0.2) is 0 Å². The molecule has 0 fully saturated rings. The number of hydrogen-bond acceptors (Lipinski definition) is 2. The Morgan fingerprint density at radius 2 is 1.90 bits per heavy atom. The molecule has 0 aliphatic heterocycles. The molecule has 0 aliphatic carbocycles. The molecule has 2 nitrogen and oxygen atoms in total. The summed E-state index contributed by atoms with van der Waals surface area (Å²) in [7, 11) is 0. The minimum atomic E-state index is -0.523. The second-order valence-corrected chi connectivity index (χ2v) is 5.10. The molecule has 0 saturated carbocycles. The molecule has 2 aromatic rings. The van der Waals surface area contributed by atoms with Crippen LogP contribution in [0.2, 0.25) is 0 Å². The van der Waals surface area contributed by atoms with Crippen LogP contribution in [-0.2, 0) is 12.8 Å². The van der Waals surface area contributed by atoms with E-state index < -0.39 is 11.6 Å². The van der Waals surface area contributed by atoms with Crippen molar-refractivity contribution < 1.29 is 8.78 Å². The topological polar surface area (TPSA) is 24.9 Å². The van der Waals surface area contributed by atoms with Crippen LogP contribution in [0.3, 0.4) is 0 Å². The molecule has 0 radical (unpaired) electrons. The maximum atomic E-state index is 13.2. The normalized spacial score (nSPS) is 12.3. The fourth-order valence-corrected chi connectivity index (χ4v) is 2.45. The molecule has 0 saturated heterocycles. The third-order valence-corrected chi connectivity index (χ3v) is 3.37. The average Bonchev–Trinajstić information content (AvgIpc) is 2.45. The lowest BCUT2D eigenvalue weighted by atomic mass is 10.0. The number of rotatable bonds is 7. The van der Waals surface area contributed by atoms with Crippen molar-refractivity contribution in [2.24, 2.45) is 0 Å². The maximum Gasteiger partial charge on any atom is 0.126 e. The molecule has 1 N–H and O–H groups in total. The fourth-order valence-electron chi connectivity index (χ4n) is 2.45. The minimum Gasteiger partial charge on any atom is -0.314 e. The van der Waals surface area contributed by atoms with Gasteiger partial charge in [-0.3, -0.25) is 4.98 Å². The van der Waals surface area contributed by atoms with Gasteiger partial charge in [0.25, 0.3) is 0 Å². The fraction of sp³-hybridized carbons (Fsp3) is 0.353. The van der Waals surface area contributed by atoms with Crippen molar-refractivity contribution in [2.75, 3.05) is 6.54 Å². The number of nitrogens with one attached hydrogen (secondary N) is 1. The number of halogens is 2. The summed E-state index contributed by atoms with van der Waals surface area (Å²) >= 11 is 0. The summed E-state index contributed by atoms with van der Waals surface area (Å²) in [6.07, 6.45) is 4.11. The monoisotopic (exact) mass is 290 g/mol. The Morgan fingerprint density at radius 3 is 2.52 bits per heavy atom. The molecule has 1 aromatic carbocycles. The van der Waals surface area contributed by atoms with E-state index in [9.17, 15) is 8.78 Å². The molecular formula is C17H20F2N2. The van der Waals surface area contributed by atoms with Crippen molar-refractivity contribution in [1.29, 1.82) is 0 Å². The highest BCUT2D eigenvalue weighted by atomic mass is 19.1. The lowest BCUT2D eigenvalue weighted by molar-refractivity contribution is 0.485. The van der Waals surface area contributed by atoms with Crippen LogP contribution in [0.4, 0.5) is 8.78 Å². The molecule has 1 atom stereocenters. The van der Waals surface area contributed by atoms with Gasteiger partial charge in [-0.15, -0.1) is 0 Å². The molecule has 21 heavy (non-hydrogen) atoms. The van der Waals surface area contributed by atoms with Gasteiger partial charge in [0.05, 0.1) is 0 Å². The molecule has 4 heteroatoms. The first-order chi connectivity index (χ1) is 10.2. The Labute approximate surface area is 124 Å². The van der Waals surface area contributed by atoms with Gasteiger partial charge < -0.3 is 5.32 Å². The summed E-state index contributed by atoms with van der Waals surface area (Å²) < 4.78 is 26.5. The Morgan fingerprint density at radius 1 is 1.14 bits per heavy atom. The van der Waals surface area contributed by atoms with Crippen LogP contribution in [0, 0.1) is 11.6 Å². The van der Waals surface area contributed by atoms with Crippen LogP contribution in [-0.4, -0.2) is 17.6 Å². The molecule has 2 rings (SSSR count). The van der Waals surface area contributed by atoms with Gasteiger partial charge in [0, 0.05) is 24.0 Å².